The van der Waals surface area contributed by atoms with Crippen molar-refractivity contribution in [2.45, 2.75) is 18.9 Å². The minimum Gasteiger partial charge on any atom is -0.459 e. The summed E-state index contributed by atoms with van der Waals surface area (Å²) in [5.74, 6) is 0.796. The Labute approximate surface area is 110 Å². The van der Waals surface area contributed by atoms with E-state index in [4.69, 9.17) is 9.15 Å². The third-order valence-electron chi connectivity index (χ3n) is 2.93. The van der Waals surface area contributed by atoms with Gasteiger partial charge in [-0.2, -0.15) is 0 Å². The van der Waals surface area contributed by atoms with Gasteiger partial charge < -0.3 is 14.5 Å². The van der Waals surface area contributed by atoms with Crippen LogP contribution in [0.2, 0.25) is 0 Å². The van der Waals surface area contributed by atoms with Crippen molar-refractivity contribution in [2.75, 3.05) is 20.3 Å². The molecule has 0 aliphatic carbocycles. The molecule has 2 rings (SSSR count). The Kier molecular flexibility index (Phi) is 4.87. The minimum atomic E-state index is -2.42. The van der Waals surface area contributed by atoms with E-state index in [1.807, 2.05) is 37.4 Å². The number of alkyl halides is 2. The molecule has 1 aromatic heterocycles. The Morgan fingerprint density at radius 3 is 2.79 bits per heavy atom. The van der Waals surface area contributed by atoms with E-state index < -0.39 is 13.0 Å². The molecule has 0 aliphatic rings. The summed E-state index contributed by atoms with van der Waals surface area (Å²) in [4.78, 5) is 0. The maximum Gasteiger partial charge on any atom is 0.261 e. The Morgan fingerprint density at radius 1 is 1.32 bits per heavy atom. The molecule has 0 fully saturated rings. The van der Waals surface area contributed by atoms with E-state index in [2.05, 4.69) is 5.32 Å². The normalized spacial score (nSPS) is 13.3. The fourth-order valence-corrected chi connectivity index (χ4v) is 1.98. The fourth-order valence-electron chi connectivity index (χ4n) is 1.98. The number of benzene rings is 1. The van der Waals surface area contributed by atoms with E-state index in [0.29, 0.717) is 6.42 Å². The van der Waals surface area contributed by atoms with E-state index in [-0.39, 0.29) is 12.6 Å². The molecule has 0 radical (unpaired) electrons. The van der Waals surface area contributed by atoms with Crippen LogP contribution in [0.3, 0.4) is 0 Å². The van der Waals surface area contributed by atoms with Crippen LogP contribution >= 0.6 is 0 Å². The minimum absolute atomic E-state index is 0.0370. The van der Waals surface area contributed by atoms with Gasteiger partial charge >= 0.3 is 0 Å². The molecule has 0 amide bonds. The van der Waals surface area contributed by atoms with Crippen LogP contribution < -0.4 is 5.32 Å². The number of fused-ring (bicyclic) bond motifs is 1. The molecule has 1 unspecified atom stereocenters. The highest BCUT2D eigenvalue weighted by Crippen LogP contribution is 2.25. The highest BCUT2D eigenvalue weighted by atomic mass is 19.3. The zero-order valence-electron chi connectivity index (χ0n) is 10.7. The highest BCUT2D eigenvalue weighted by molar-refractivity contribution is 5.77. The van der Waals surface area contributed by atoms with Gasteiger partial charge in [0.25, 0.3) is 6.43 Å². The zero-order valence-corrected chi connectivity index (χ0v) is 10.7. The smallest absolute Gasteiger partial charge is 0.261 e. The SMILES string of the molecule is CNC(CCOCC(F)F)c1cc2ccccc2o1. The number of rotatable bonds is 7. The fraction of sp³-hybridized carbons (Fsp3) is 0.429. The molecule has 1 atom stereocenters. The zero-order chi connectivity index (χ0) is 13.7. The summed E-state index contributed by atoms with van der Waals surface area (Å²) < 4.78 is 34.5. The van der Waals surface area contributed by atoms with E-state index in [9.17, 15) is 8.78 Å². The second kappa shape index (κ2) is 6.63. The topological polar surface area (TPSA) is 34.4 Å². The number of para-hydroxylation sites is 1. The molecule has 1 heterocycles. The van der Waals surface area contributed by atoms with E-state index in [0.717, 1.165) is 16.7 Å². The summed E-state index contributed by atoms with van der Waals surface area (Å²) in [6, 6.07) is 9.66. The van der Waals surface area contributed by atoms with Gasteiger partial charge in [0.1, 0.15) is 18.0 Å². The Morgan fingerprint density at radius 2 is 2.11 bits per heavy atom. The van der Waals surface area contributed by atoms with Gasteiger partial charge in [-0.05, 0) is 25.6 Å². The Bertz CT molecular complexity index is 480. The molecular formula is C14H17F2NO2. The van der Waals surface area contributed by atoms with Crippen molar-refractivity contribution in [2.24, 2.45) is 0 Å². The number of hydrogen-bond donors (Lipinski definition) is 1. The van der Waals surface area contributed by atoms with Crippen LogP contribution in [0, 0.1) is 0 Å². The molecule has 0 bridgehead atoms. The Balaban J connectivity index is 1.96. The summed E-state index contributed by atoms with van der Waals surface area (Å²) in [6.07, 6.45) is -1.83. The lowest BCUT2D eigenvalue weighted by Gasteiger charge is -2.13. The van der Waals surface area contributed by atoms with Gasteiger partial charge in [-0.3, -0.25) is 0 Å². The molecule has 0 saturated carbocycles. The van der Waals surface area contributed by atoms with Crippen molar-refractivity contribution < 1.29 is 17.9 Å². The summed E-state index contributed by atoms with van der Waals surface area (Å²) in [6.45, 7) is -0.247. The molecule has 0 spiro atoms. The third-order valence-corrected chi connectivity index (χ3v) is 2.93. The first-order chi connectivity index (χ1) is 9.20. The summed E-state index contributed by atoms with van der Waals surface area (Å²) >= 11 is 0. The van der Waals surface area contributed by atoms with E-state index in [1.165, 1.54) is 0 Å². The van der Waals surface area contributed by atoms with Crippen molar-refractivity contribution in [1.82, 2.24) is 5.32 Å². The summed E-state index contributed by atoms with van der Waals surface area (Å²) in [5, 5.41) is 4.14. The summed E-state index contributed by atoms with van der Waals surface area (Å²) in [5.41, 5.74) is 0.825. The van der Waals surface area contributed by atoms with Crippen LogP contribution in [0.1, 0.15) is 18.2 Å². The van der Waals surface area contributed by atoms with Crippen LogP contribution in [-0.2, 0) is 4.74 Å². The van der Waals surface area contributed by atoms with Gasteiger partial charge in [0.2, 0.25) is 0 Å². The van der Waals surface area contributed by atoms with Gasteiger partial charge in [-0.15, -0.1) is 0 Å². The molecule has 1 N–H and O–H groups in total. The average Bonchev–Trinajstić information content (AvgIpc) is 2.82. The number of hydrogen-bond acceptors (Lipinski definition) is 3. The second-order valence-corrected chi connectivity index (χ2v) is 4.28. The van der Waals surface area contributed by atoms with Crippen molar-refractivity contribution in [3.63, 3.8) is 0 Å². The number of furan rings is 1. The highest BCUT2D eigenvalue weighted by Gasteiger charge is 2.14. The predicted molar refractivity (Wildman–Crippen MR) is 69.5 cm³/mol. The summed E-state index contributed by atoms with van der Waals surface area (Å²) in [7, 11) is 1.81. The molecule has 104 valence electrons. The molecule has 19 heavy (non-hydrogen) atoms. The quantitative estimate of drug-likeness (QED) is 0.783. The lowest BCUT2D eigenvalue weighted by Crippen LogP contribution is -2.18. The van der Waals surface area contributed by atoms with Gasteiger partial charge in [0.15, 0.2) is 0 Å². The van der Waals surface area contributed by atoms with Gasteiger partial charge in [0, 0.05) is 12.0 Å². The number of ether oxygens (including phenoxy) is 1. The van der Waals surface area contributed by atoms with Crippen LogP contribution in [0.15, 0.2) is 34.7 Å². The maximum absolute atomic E-state index is 11.9. The molecule has 2 aromatic rings. The molecule has 5 heteroatoms. The van der Waals surface area contributed by atoms with Crippen LogP contribution in [-0.4, -0.2) is 26.7 Å². The predicted octanol–water partition coefficient (Wildman–Crippen LogP) is 3.37. The third kappa shape index (κ3) is 3.75. The average molecular weight is 269 g/mol. The molecular weight excluding hydrogens is 252 g/mol. The lowest BCUT2D eigenvalue weighted by atomic mass is 10.1. The molecule has 0 saturated heterocycles. The van der Waals surface area contributed by atoms with Crippen molar-refractivity contribution in [3.05, 3.63) is 36.1 Å². The number of halogens is 2. The van der Waals surface area contributed by atoms with Gasteiger partial charge in [0.05, 0.1) is 6.04 Å². The van der Waals surface area contributed by atoms with Crippen LogP contribution in [0.4, 0.5) is 8.78 Å². The van der Waals surface area contributed by atoms with Gasteiger partial charge in [-0.1, -0.05) is 18.2 Å². The first-order valence-electron chi connectivity index (χ1n) is 6.22. The monoisotopic (exact) mass is 269 g/mol. The van der Waals surface area contributed by atoms with Crippen LogP contribution in [0.5, 0.6) is 0 Å². The van der Waals surface area contributed by atoms with Crippen molar-refractivity contribution in [3.8, 4) is 0 Å². The Hall–Kier alpha value is -1.46. The maximum atomic E-state index is 11.9. The standard InChI is InChI=1S/C14H17F2NO2/c1-17-11(6-7-18-9-14(15)16)13-8-10-4-2-3-5-12(10)19-13/h2-5,8,11,14,17H,6-7,9H2,1H3. The molecule has 0 aliphatic heterocycles. The first kappa shape index (κ1) is 14.0. The lowest BCUT2D eigenvalue weighted by molar-refractivity contribution is 0.0141. The number of nitrogens with one attached hydrogen (secondary N) is 1. The molecule has 1 aromatic carbocycles. The largest absolute Gasteiger partial charge is 0.459 e. The van der Waals surface area contributed by atoms with E-state index in [1.54, 1.807) is 0 Å². The van der Waals surface area contributed by atoms with E-state index >= 15 is 0 Å². The van der Waals surface area contributed by atoms with Crippen molar-refractivity contribution in [1.29, 1.82) is 0 Å². The van der Waals surface area contributed by atoms with Crippen molar-refractivity contribution >= 4 is 11.0 Å². The van der Waals surface area contributed by atoms with Gasteiger partial charge in [-0.25, -0.2) is 8.78 Å². The first-order valence-corrected chi connectivity index (χ1v) is 6.22. The van der Waals surface area contributed by atoms with Crippen LogP contribution in [0.25, 0.3) is 11.0 Å². The second-order valence-electron chi connectivity index (χ2n) is 4.28. The molecule has 3 nitrogen and oxygen atoms in total.